The lowest BCUT2D eigenvalue weighted by Gasteiger charge is -2.45. The first-order valence-corrected chi connectivity index (χ1v) is 14.1. The summed E-state index contributed by atoms with van der Waals surface area (Å²) in [5.41, 5.74) is 0.839. The van der Waals surface area contributed by atoms with E-state index in [1.54, 1.807) is 18.2 Å². The molecule has 216 valence electrons. The summed E-state index contributed by atoms with van der Waals surface area (Å²) in [6, 6.07) is 3.52. The van der Waals surface area contributed by atoms with Crippen LogP contribution in [0.15, 0.2) is 18.2 Å². The third-order valence-corrected chi connectivity index (χ3v) is 8.73. The fraction of sp³-hybridized carbons (Fsp3) is 0.613. The zero-order valence-corrected chi connectivity index (χ0v) is 23.9. The topological polar surface area (TPSA) is 125 Å². The van der Waals surface area contributed by atoms with Crippen LogP contribution in [0.25, 0.3) is 0 Å². The van der Waals surface area contributed by atoms with E-state index in [0.717, 1.165) is 18.4 Å². The Morgan fingerprint density at radius 3 is 2.45 bits per heavy atom. The largest absolute Gasteiger partial charge is 0.496 e. The van der Waals surface area contributed by atoms with E-state index in [1.165, 1.54) is 12.0 Å². The number of likely N-dealkylation sites (tertiary alicyclic amines) is 1. The number of nitrogens with one attached hydrogen (secondary N) is 2. The number of aliphatic hydroxyl groups is 1. The minimum absolute atomic E-state index is 0.0134. The number of hydrogen-bond donors (Lipinski definition) is 3. The molecule has 3 amide bonds. The molecule has 0 bridgehead atoms. The highest BCUT2D eigenvalue weighted by atomic mass is 16.5. The number of β-amino-alcohol motifs (C(OH)–C–C–N with tert-alkyl or cyclic N) is 1. The van der Waals surface area contributed by atoms with Crippen molar-refractivity contribution in [2.45, 2.75) is 90.4 Å². The van der Waals surface area contributed by atoms with Crippen LogP contribution in [0, 0.1) is 29.1 Å². The number of hydrogen-bond acceptors (Lipinski definition) is 6. The minimum Gasteiger partial charge on any atom is -0.496 e. The smallest absolute Gasteiger partial charge is 0.246 e. The van der Waals surface area contributed by atoms with Crippen LogP contribution in [-0.4, -0.2) is 65.4 Å². The highest BCUT2D eigenvalue weighted by Crippen LogP contribution is 2.51. The standard InChI is InChI=1S/C31H41N3O6/c1-6-19-7-8-21(25(13-19)40-5)17-32-28(38)24-14-22(35)18-34(24)29(39)26(30(2,3)4)33-27(37)20-9-11-31(12-10-20)15-23(36)16-31/h1,7-8,13,20,22,24,26,35H,9-12,14-18H2,2-5H3,(H,32,38)(H,33,37)/t22-,24+,26-/m1/s1. The van der Waals surface area contributed by atoms with Crippen molar-refractivity contribution in [3.05, 3.63) is 29.3 Å². The average Bonchev–Trinajstić information content (AvgIpc) is 3.30. The van der Waals surface area contributed by atoms with E-state index in [4.69, 9.17) is 11.2 Å². The van der Waals surface area contributed by atoms with Gasteiger partial charge in [-0.1, -0.05) is 32.8 Å². The van der Waals surface area contributed by atoms with Crippen molar-refractivity contribution in [2.75, 3.05) is 13.7 Å². The molecule has 0 aromatic heterocycles. The molecular weight excluding hydrogens is 510 g/mol. The first kappa shape index (κ1) is 29.6. The monoisotopic (exact) mass is 551 g/mol. The predicted molar refractivity (Wildman–Crippen MR) is 149 cm³/mol. The van der Waals surface area contributed by atoms with E-state index in [2.05, 4.69) is 16.6 Å². The number of carbonyl (C=O) groups is 4. The van der Waals surface area contributed by atoms with Crippen molar-refractivity contribution >= 4 is 23.5 Å². The molecule has 3 aliphatic rings. The zero-order valence-electron chi connectivity index (χ0n) is 23.9. The summed E-state index contributed by atoms with van der Waals surface area (Å²) in [5.74, 6) is 2.24. The van der Waals surface area contributed by atoms with Crippen molar-refractivity contribution in [1.82, 2.24) is 15.5 Å². The average molecular weight is 552 g/mol. The Morgan fingerprint density at radius 1 is 1.20 bits per heavy atom. The summed E-state index contributed by atoms with van der Waals surface area (Å²) in [5, 5.41) is 16.3. The number of amides is 3. The molecule has 1 spiro atoms. The summed E-state index contributed by atoms with van der Waals surface area (Å²) in [6.07, 6.45) is 9.06. The van der Waals surface area contributed by atoms with E-state index in [1.807, 2.05) is 20.8 Å². The molecule has 1 aromatic carbocycles. The van der Waals surface area contributed by atoms with Crippen LogP contribution in [0.5, 0.6) is 5.75 Å². The summed E-state index contributed by atoms with van der Waals surface area (Å²) in [6.45, 7) is 5.80. The second kappa shape index (κ2) is 11.6. The van der Waals surface area contributed by atoms with Gasteiger partial charge in [-0.05, 0) is 48.6 Å². The summed E-state index contributed by atoms with van der Waals surface area (Å²) in [7, 11) is 1.52. The van der Waals surface area contributed by atoms with Gasteiger partial charge < -0.3 is 25.4 Å². The number of carbonyl (C=O) groups excluding carboxylic acids is 4. The molecule has 3 atom stereocenters. The Morgan fingerprint density at radius 2 is 1.88 bits per heavy atom. The maximum Gasteiger partial charge on any atom is 0.246 e. The van der Waals surface area contributed by atoms with Gasteiger partial charge >= 0.3 is 0 Å². The molecule has 1 aliphatic heterocycles. The molecule has 2 saturated carbocycles. The van der Waals surface area contributed by atoms with Crippen molar-refractivity contribution in [3.63, 3.8) is 0 Å². The quantitative estimate of drug-likeness (QED) is 0.447. The number of aliphatic hydroxyl groups excluding tert-OH is 1. The van der Waals surface area contributed by atoms with Gasteiger partial charge in [-0.3, -0.25) is 19.2 Å². The first-order valence-electron chi connectivity index (χ1n) is 14.1. The van der Waals surface area contributed by atoms with Crippen molar-refractivity contribution in [2.24, 2.45) is 16.7 Å². The molecule has 9 heteroatoms. The predicted octanol–water partition coefficient (Wildman–Crippen LogP) is 2.32. The van der Waals surface area contributed by atoms with Crippen molar-refractivity contribution in [1.29, 1.82) is 0 Å². The van der Waals surface area contributed by atoms with Crippen LogP contribution >= 0.6 is 0 Å². The molecule has 9 nitrogen and oxygen atoms in total. The van der Waals surface area contributed by atoms with E-state index in [9.17, 15) is 24.3 Å². The van der Waals surface area contributed by atoms with Gasteiger partial charge in [0.1, 0.15) is 23.6 Å². The summed E-state index contributed by atoms with van der Waals surface area (Å²) >= 11 is 0. The number of ether oxygens (including phenoxy) is 1. The number of ketones is 1. The molecule has 1 aromatic rings. The number of rotatable bonds is 7. The van der Waals surface area contributed by atoms with Gasteiger partial charge in [0.15, 0.2) is 0 Å². The Balaban J connectivity index is 1.41. The van der Waals surface area contributed by atoms with Crippen molar-refractivity contribution in [3.8, 4) is 18.1 Å². The number of terminal acetylenes is 1. The van der Waals surface area contributed by atoms with E-state index >= 15 is 0 Å². The molecular formula is C31H41N3O6. The lowest BCUT2D eigenvalue weighted by molar-refractivity contribution is -0.145. The second-order valence-electron chi connectivity index (χ2n) is 12.8. The molecule has 4 rings (SSSR count). The number of benzene rings is 1. The van der Waals surface area contributed by atoms with E-state index in [0.29, 0.717) is 42.8 Å². The minimum atomic E-state index is -0.870. The second-order valence-corrected chi connectivity index (χ2v) is 12.8. The molecule has 40 heavy (non-hydrogen) atoms. The van der Waals surface area contributed by atoms with Crippen LogP contribution in [0.4, 0.5) is 0 Å². The third kappa shape index (κ3) is 6.33. The van der Waals surface area contributed by atoms with Crippen molar-refractivity contribution < 1.29 is 29.0 Å². The molecule has 3 fully saturated rings. The molecule has 2 aliphatic carbocycles. The molecule has 0 unspecified atom stereocenters. The molecule has 3 N–H and O–H groups in total. The first-order chi connectivity index (χ1) is 18.9. The Bertz CT molecular complexity index is 1190. The van der Waals surface area contributed by atoms with Gasteiger partial charge in [-0.2, -0.15) is 0 Å². The van der Waals surface area contributed by atoms with Gasteiger partial charge in [0.2, 0.25) is 17.7 Å². The van der Waals surface area contributed by atoms with Crippen LogP contribution < -0.4 is 15.4 Å². The van der Waals surface area contributed by atoms with Gasteiger partial charge in [0, 0.05) is 49.4 Å². The maximum absolute atomic E-state index is 13.9. The summed E-state index contributed by atoms with van der Waals surface area (Å²) in [4.78, 5) is 53.3. The zero-order chi connectivity index (χ0) is 29.2. The fourth-order valence-electron chi connectivity index (χ4n) is 6.29. The van der Waals surface area contributed by atoms with Crippen LogP contribution in [0.2, 0.25) is 0 Å². The highest BCUT2D eigenvalue weighted by molar-refractivity contribution is 5.93. The molecule has 1 saturated heterocycles. The van der Waals surface area contributed by atoms with Gasteiger partial charge in [-0.15, -0.1) is 6.42 Å². The van der Waals surface area contributed by atoms with Crippen LogP contribution in [-0.2, 0) is 25.7 Å². The lowest BCUT2D eigenvalue weighted by atomic mass is 9.58. The van der Waals surface area contributed by atoms with Gasteiger partial charge in [0.05, 0.1) is 13.2 Å². The summed E-state index contributed by atoms with van der Waals surface area (Å²) < 4.78 is 5.40. The van der Waals surface area contributed by atoms with Gasteiger partial charge in [0.25, 0.3) is 0 Å². The fourth-order valence-corrected chi connectivity index (χ4v) is 6.29. The normalized spacial score (nSPS) is 23.2. The number of Topliss-reactive ketones (excluding diaryl/α,β-unsaturated/α-hetero) is 1. The lowest BCUT2D eigenvalue weighted by Crippen LogP contribution is -2.58. The van der Waals surface area contributed by atoms with Crippen LogP contribution in [0.3, 0.4) is 0 Å². The molecule has 0 radical (unpaired) electrons. The van der Waals surface area contributed by atoms with E-state index in [-0.39, 0.29) is 48.6 Å². The molecule has 1 heterocycles. The maximum atomic E-state index is 13.9. The Kier molecular flexibility index (Phi) is 8.60. The Labute approximate surface area is 236 Å². The van der Waals surface area contributed by atoms with Crippen LogP contribution in [0.1, 0.15) is 76.8 Å². The number of nitrogens with zero attached hydrogens (tertiary/aromatic N) is 1. The highest BCUT2D eigenvalue weighted by Gasteiger charge is 2.48. The number of methoxy groups -OCH3 is 1. The van der Waals surface area contributed by atoms with E-state index < -0.39 is 23.6 Å². The SMILES string of the molecule is C#Cc1ccc(CNC(=O)[C@@H]2C[C@@H](O)CN2C(=O)[C@@H](NC(=O)C2CCC3(CC2)CC(=O)C3)C(C)(C)C)c(OC)c1. The van der Waals surface area contributed by atoms with Gasteiger partial charge in [-0.25, -0.2) is 0 Å². The Hall–Kier alpha value is -3.38. The third-order valence-electron chi connectivity index (χ3n) is 8.73.